The van der Waals surface area contributed by atoms with Gasteiger partial charge in [-0.15, -0.1) is 0 Å². The van der Waals surface area contributed by atoms with Crippen molar-refractivity contribution >= 4 is 28.6 Å². The molecule has 0 unspecified atom stereocenters. The van der Waals surface area contributed by atoms with Crippen molar-refractivity contribution in [2.45, 2.75) is 9.79 Å². The van der Waals surface area contributed by atoms with E-state index in [1.165, 1.54) is 24.9 Å². The Morgan fingerprint density at radius 3 is 2.59 bits per heavy atom. The van der Waals surface area contributed by atoms with Crippen LogP contribution in [0, 0.1) is 0 Å². The van der Waals surface area contributed by atoms with Crippen molar-refractivity contribution < 1.29 is 9.53 Å². The number of benzene rings is 2. The summed E-state index contributed by atoms with van der Waals surface area (Å²) in [4.78, 5) is 28.8. The summed E-state index contributed by atoms with van der Waals surface area (Å²) < 4.78 is 4.68. The molecule has 22 heavy (non-hydrogen) atoms. The fourth-order valence-corrected chi connectivity index (χ4v) is 3.12. The highest BCUT2D eigenvalue weighted by molar-refractivity contribution is 7.99. The average Bonchev–Trinajstić information content (AvgIpc) is 2.55. The first-order valence-electron chi connectivity index (χ1n) is 6.66. The van der Waals surface area contributed by atoms with Crippen LogP contribution in [-0.2, 0) is 4.74 Å². The van der Waals surface area contributed by atoms with Crippen molar-refractivity contribution in [1.82, 2.24) is 4.98 Å². The van der Waals surface area contributed by atoms with Crippen LogP contribution < -0.4 is 5.43 Å². The van der Waals surface area contributed by atoms with E-state index in [-0.39, 0.29) is 11.1 Å². The minimum atomic E-state index is -0.557. The van der Waals surface area contributed by atoms with Crippen molar-refractivity contribution in [2.75, 3.05) is 7.11 Å². The lowest BCUT2D eigenvalue weighted by Gasteiger charge is -2.08. The summed E-state index contributed by atoms with van der Waals surface area (Å²) in [6, 6.07) is 16.6. The second-order valence-corrected chi connectivity index (χ2v) is 5.75. The largest absolute Gasteiger partial charge is 0.464 e. The second-order valence-electron chi connectivity index (χ2n) is 4.63. The van der Waals surface area contributed by atoms with Crippen LogP contribution in [0.1, 0.15) is 10.5 Å². The lowest BCUT2D eigenvalue weighted by molar-refractivity contribution is 0.0594. The van der Waals surface area contributed by atoms with Gasteiger partial charge in [0.2, 0.25) is 0 Å². The van der Waals surface area contributed by atoms with E-state index in [0.29, 0.717) is 10.9 Å². The van der Waals surface area contributed by atoms with E-state index in [9.17, 15) is 9.59 Å². The van der Waals surface area contributed by atoms with Gasteiger partial charge in [-0.05, 0) is 24.3 Å². The molecule has 0 bridgehead atoms. The number of nitrogens with one attached hydrogen (secondary N) is 1. The SMILES string of the molecule is COC(=O)c1cc(=O)c2cccc(Sc3ccccc3)c2[nH]1. The fourth-order valence-electron chi connectivity index (χ4n) is 2.17. The van der Waals surface area contributed by atoms with E-state index in [4.69, 9.17) is 0 Å². The molecule has 0 radical (unpaired) electrons. The maximum atomic E-state index is 12.2. The number of rotatable bonds is 3. The van der Waals surface area contributed by atoms with Gasteiger partial charge < -0.3 is 9.72 Å². The standard InChI is InChI=1S/C17H13NO3S/c1-21-17(20)13-10-14(19)12-8-5-9-15(16(12)18-13)22-11-6-3-2-4-7-11/h2-10H,1H3,(H,18,19). The van der Waals surface area contributed by atoms with Gasteiger partial charge in [-0.25, -0.2) is 4.79 Å². The Hall–Kier alpha value is -2.53. The van der Waals surface area contributed by atoms with Gasteiger partial charge in [0.15, 0.2) is 5.43 Å². The Kier molecular flexibility index (Phi) is 3.98. The number of methoxy groups -OCH3 is 1. The summed E-state index contributed by atoms with van der Waals surface area (Å²) in [6.45, 7) is 0. The van der Waals surface area contributed by atoms with E-state index in [1.54, 1.807) is 6.07 Å². The predicted octanol–water partition coefficient (Wildman–Crippen LogP) is 3.47. The molecule has 0 saturated heterocycles. The monoisotopic (exact) mass is 311 g/mol. The van der Waals surface area contributed by atoms with Gasteiger partial charge in [-0.3, -0.25) is 4.79 Å². The number of H-pyrrole nitrogens is 1. The van der Waals surface area contributed by atoms with Crippen LogP contribution in [0.15, 0.2) is 69.2 Å². The molecule has 0 aliphatic rings. The summed E-state index contributed by atoms with van der Waals surface area (Å²) >= 11 is 1.53. The number of aromatic nitrogens is 1. The van der Waals surface area contributed by atoms with Gasteiger partial charge in [0.05, 0.1) is 12.6 Å². The van der Waals surface area contributed by atoms with Gasteiger partial charge in [0.25, 0.3) is 0 Å². The third kappa shape index (κ3) is 2.76. The molecule has 0 aliphatic heterocycles. The average molecular weight is 311 g/mol. The highest BCUT2D eigenvalue weighted by Crippen LogP contribution is 2.31. The first kappa shape index (κ1) is 14.4. The molecule has 0 spiro atoms. The number of para-hydroxylation sites is 1. The number of aromatic amines is 1. The number of hydrogen-bond donors (Lipinski definition) is 1. The summed E-state index contributed by atoms with van der Waals surface area (Å²) in [6.07, 6.45) is 0. The van der Waals surface area contributed by atoms with Gasteiger partial charge in [0, 0.05) is 21.2 Å². The number of carbonyl (C=O) groups excluding carboxylic acids is 1. The molecule has 0 saturated carbocycles. The Balaban J connectivity index is 2.16. The zero-order valence-electron chi connectivity index (χ0n) is 11.8. The van der Waals surface area contributed by atoms with E-state index in [1.807, 2.05) is 42.5 Å². The number of ether oxygens (including phenoxy) is 1. The van der Waals surface area contributed by atoms with Crippen LogP contribution in [0.3, 0.4) is 0 Å². The van der Waals surface area contributed by atoms with Gasteiger partial charge in [0.1, 0.15) is 5.69 Å². The van der Waals surface area contributed by atoms with E-state index in [0.717, 1.165) is 9.79 Å². The zero-order valence-corrected chi connectivity index (χ0v) is 12.6. The Morgan fingerprint density at radius 1 is 1.09 bits per heavy atom. The highest BCUT2D eigenvalue weighted by Gasteiger charge is 2.12. The highest BCUT2D eigenvalue weighted by atomic mass is 32.2. The minimum absolute atomic E-state index is 0.154. The molecule has 110 valence electrons. The first-order valence-corrected chi connectivity index (χ1v) is 7.48. The van der Waals surface area contributed by atoms with E-state index in [2.05, 4.69) is 9.72 Å². The van der Waals surface area contributed by atoms with Crippen LogP contribution in [0.5, 0.6) is 0 Å². The lowest BCUT2D eigenvalue weighted by Crippen LogP contribution is -2.11. The molecule has 0 aliphatic carbocycles. The Labute approximate surface area is 131 Å². The van der Waals surface area contributed by atoms with E-state index < -0.39 is 5.97 Å². The Morgan fingerprint density at radius 2 is 1.86 bits per heavy atom. The van der Waals surface area contributed by atoms with Crippen molar-refractivity contribution in [3.8, 4) is 0 Å². The zero-order chi connectivity index (χ0) is 15.5. The molecule has 1 aromatic heterocycles. The van der Waals surface area contributed by atoms with Gasteiger partial charge in [-0.1, -0.05) is 36.0 Å². The van der Waals surface area contributed by atoms with Crippen molar-refractivity contribution in [3.05, 3.63) is 70.5 Å². The molecule has 4 nitrogen and oxygen atoms in total. The Bertz CT molecular complexity index is 887. The van der Waals surface area contributed by atoms with Crippen molar-refractivity contribution in [1.29, 1.82) is 0 Å². The van der Waals surface area contributed by atoms with Crippen LogP contribution in [0.2, 0.25) is 0 Å². The maximum Gasteiger partial charge on any atom is 0.354 e. The predicted molar refractivity (Wildman–Crippen MR) is 86.5 cm³/mol. The van der Waals surface area contributed by atoms with Crippen molar-refractivity contribution in [3.63, 3.8) is 0 Å². The number of hydrogen-bond acceptors (Lipinski definition) is 4. The quantitative estimate of drug-likeness (QED) is 0.753. The third-order valence-electron chi connectivity index (χ3n) is 3.20. The van der Waals surface area contributed by atoms with Crippen LogP contribution >= 0.6 is 11.8 Å². The summed E-state index contributed by atoms with van der Waals surface area (Å²) in [5.74, 6) is -0.557. The first-order chi connectivity index (χ1) is 10.7. The molecular formula is C17H13NO3S. The smallest absolute Gasteiger partial charge is 0.354 e. The minimum Gasteiger partial charge on any atom is -0.464 e. The van der Waals surface area contributed by atoms with Crippen LogP contribution in [0.25, 0.3) is 10.9 Å². The molecular weight excluding hydrogens is 298 g/mol. The van der Waals surface area contributed by atoms with Crippen molar-refractivity contribution in [2.24, 2.45) is 0 Å². The van der Waals surface area contributed by atoms with Gasteiger partial charge >= 0.3 is 5.97 Å². The molecule has 1 heterocycles. The summed E-state index contributed by atoms with van der Waals surface area (Å²) in [7, 11) is 1.29. The van der Waals surface area contributed by atoms with E-state index >= 15 is 0 Å². The molecule has 3 aromatic rings. The molecule has 5 heteroatoms. The summed E-state index contributed by atoms with van der Waals surface area (Å²) in [5.41, 5.74) is 0.593. The number of carbonyl (C=O) groups is 1. The molecule has 2 aromatic carbocycles. The molecule has 0 amide bonds. The van der Waals surface area contributed by atoms with Crippen LogP contribution in [-0.4, -0.2) is 18.1 Å². The third-order valence-corrected chi connectivity index (χ3v) is 4.27. The molecule has 1 N–H and O–H groups in total. The fraction of sp³-hybridized carbons (Fsp3) is 0.0588. The number of esters is 1. The topological polar surface area (TPSA) is 59.2 Å². The molecule has 3 rings (SSSR count). The summed E-state index contributed by atoms with van der Waals surface area (Å²) in [5, 5.41) is 0.550. The molecule has 0 atom stereocenters. The number of pyridine rings is 1. The van der Waals surface area contributed by atoms with Gasteiger partial charge in [-0.2, -0.15) is 0 Å². The molecule has 0 fully saturated rings. The number of fused-ring (bicyclic) bond motifs is 1. The maximum absolute atomic E-state index is 12.2. The second kappa shape index (κ2) is 6.07. The van der Waals surface area contributed by atoms with Crippen LogP contribution in [0.4, 0.5) is 0 Å². The normalized spacial score (nSPS) is 10.6. The lowest BCUT2D eigenvalue weighted by atomic mass is 10.2.